The molecule has 1 aliphatic rings. The summed E-state index contributed by atoms with van der Waals surface area (Å²) in [6, 6.07) is 10.9. The number of hydrogen-bond donors (Lipinski definition) is 1. The number of nitrogens with zero attached hydrogens (tertiary/aromatic N) is 1. The van der Waals surface area contributed by atoms with E-state index >= 15 is 0 Å². The van der Waals surface area contributed by atoms with Gasteiger partial charge in [-0.25, -0.2) is 17.6 Å². The van der Waals surface area contributed by atoms with E-state index in [2.05, 4.69) is 5.32 Å². The van der Waals surface area contributed by atoms with Crippen LogP contribution in [-0.2, 0) is 19.6 Å². The fourth-order valence-electron chi connectivity index (χ4n) is 3.19. The van der Waals surface area contributed by atoms with Gasteiger partial charge in [-0.2, -0.15) is 4.31 Å². The van der Waals surface area contributed by atoms with Crippen molar-refractivity contribution in [2.24, 2.45) is 0 Å². The molecule has 2 aromatic rings. The normalized spacial score (nSPS) is 15.5. The third kappa shape index (κ3) is 5.22. The van der Waals surface area contributed by atoms with Gasteiger partial charge in [-0.3, -0.25) is 4.79 Å². The van der Waals surface area contributed by atoms with E-state index < -0.39 is 34.5 Å². The average Bonchev–Trinajstić information content (AvgIpc) is 3.28. The maximum Gasteiger partial charge on any atom is 0.338 e. The topological polar surface area (TPSA) is 92.8 Å². The number of hydrogen-bond acceptors (Lipinski definition) is 5. The van der Waals surface area contributed by atoms with Crippen LogP contribution < -0.4 is 5.32 Å². The quantitative estimate of drug-likeness (QED) is 0.677. The minimum atomic E-state index is -3.66. The van der Waals surface area contributed by atoms with Gasteiger partial charge < -0.3 is 10.1 Å². The summed E-state index contributed by atoms with van der Waals surface area (Å²) in [6.07, 6.45) is 1.62. The molecule has 2 aromatic carbocycles. The zero-order valence-electron chi connectivity index (χ0n) is 16.5. The summed E-state index contributed by atoms with van der Waals surface area (Å²) in [5.41, 5.74) is 0.755. The molecule has 9 heteroatoms. The van der Waals surface area contributed by atoms with Gasteiger partial charge in [0.2, 0.25) is 10.0 Å². The van der Waals surface area contributed by atoms with Gasteiger partial charge >= 0.3 is 5.97 Å². The number of rotatable bonds is 7. The molecule has 3 rings (SSSR count). The first-order valence-electron chi connectivity index (χ1n) is 9.59. The van der Waals surface area contributed by atoms with Crippen molar-refractivity contribution >= 4 is 21.9 Å². The van der Waals surface area contributed by atoms with E-state index in [0.29, 0.717) is 18.7 Å². The standard InChI is InChI=1S/C21H23FN2O5S/c1-15(16-7-9-18(22)10-8-16)23-20(25)14-29-21(26)17-5-4-6-19(13-17)30(27,28)24-11-2-3-12-24/h4-10,13,15H,2-3,11-12,14H2,1H3,(H,23,25)/t15-/m1/s1. The van der Waals surface area contributed by atoms with Crippen molar-refractivity contribution in [3.05, 3.63) is 65.5 Å². The highest BCUT2D eigenvalue weighted by molar-refractivity contribution is 7.89. The summed E-state index contributed by atoms with van der Waals surface area (Å²) in [6.45, 7) is 2.12. The van der Waals surface area contributed by atoms with Crippen LogP contribution in [0.25, 0.3) is 0 Å². The first kappa shape index (κ1) is 21.9. The highest BCUT2D eigenvalue weighted by Crippen LogP contribution is 2.22. The van der Waals surface area contributed by atoms with E-state index in [1.54, 1.807) is 19.1 Å². The Morgan fingerprint density at radius 1 is 1.13 bits per heavy atom. The molecule has 0 bridgehead atoms. The van der Waals surface area contributed by atoms with Crippen molar-refractivity contribution < 1.29 is 27.1 Å². The van der Waals surface area contributed by atoms with Crippen LogP contribution in [0.5, 0.6) is 0 Å². The maximum absolute atomic E-state index is 13.0. The zero-order chi connectivity index (χ0) is 21.7. The van der Waals surface area contributed by atoms with Gasteiger partial charge in [0.15, 0.2) is 6.61 Å². The smallest absolute Gasteiger partial charge is 0.338 e. The van der Waals surface area contributed by atoms with Crippen molar-refractivity contribution in [2.75, 3.05) is 19.7 Å². The lowest BCUT2D eigenvalue weighted by atomic mass is 10.1. The Labute approximate surface area is 174 Å². The Bertz CT molecular complexity index is 1020. The molecule has 1 N–H and O–H groups in total. The van der Waals surface area contributed by atoms with E-state index in [-0.39, 0.29) is 16.3 Å². The highest BCUT2D eigenvalue weighted by atomic mass is 32.2. The fourth-order valence-corrected chi connectivity index (χ4v) is 4.76. The van der Waals surface area contributed by atoms with Gasteiger partial charge in [-0.1, -0.05) is 18.2 Å². The Morgan fingerprint density at radius 2 is 1.80 bits per heavy atom. The van der Waals surface area contributed by atoms with Crippen molar-refractivity contribution in [3.63, 3.8) is 0 Å². The van der Waals surface area contributed by atoms with Crippen molar-refractivity contribution in [1.82, 2.24) is 9.62 Å². The van der Waals surface area contributed by atoms with Crippen LogP contribution in [-0.4, -0.2) is 44.3 Å². The first-order valence-corrected chi connectivity index (χ1v) is 11.0. The summed E-state index contributed by atoms with van der Waals surface area (Å²) in [5.74, 6) is -1.70. The molecule has 7 nitrogen and oxygen atoms in total. The van der Waals surface area contributed by atoms with Crippen LogP contribution in [0.1, 0.15) is 41.7 Å². The molecule has 1 saturated heterocycles. The van der Waals surface area contributed by atoms with Gasteiger partial charge in [-0.05, 0) is 55.7 Å². The van der Waals surface area contributed by atoms with Crippen LogP contribution in [0.3, 0.4) is 0 Å². The molecule has 0 saturated carbocycles. The van der Waals surface area contributed by atoms with Crippen LogP contribution >= 0.6 is 0 Å². The Kier molecular flexibility index (Phi) is 6.84. The van der Waals surface area contributed by atoms with E-state index in [9.17, 15) is 22.4 Å². The van der Waals surface area contributed by atoms with Gasteiger partial charge in [0, 0.05) is 13.1 Å². The van der Waals surface area contributed by atoms with Crippen molar-refractivity contribution in [3.8, 4) is 0 Å². The third-order valence-corrected chi connectivity index (χ3v) is 6.75. The summed E-state index contributed by atoms with van der Waals surface area (Å²) < 4.78 is 44.7. The van der Waals surface area contributed by atoms with Crippen molar-refractivity contribution in [2.45, 2.75) is 30.7 Å². The third-order valence-electron chi connectivity index (χ3n) is 4.85. The monoisotopic (exact) mass is 434 g/mol. The minimum absolute atomic E-state index is 0.0215. The lowest BCUT2D eigenvalue weighted by molar-refractivity contribution is -0.124. The second-order valence-electron chi connectivity index (χ2n) is 7.06. The molecule has 0 aliphatic carbocycles. The molecule has 1 aliphatic heterocycles. The molecular formula is C21H23FN2O5S. The van der Waals surface area contributed by atoms with Crippen LogP contribution in [0.4, 0.5) is 4.39 Å². The Hall–Kier alpha value is -2.78. The number of esters is 1. The molecule has 160 valence electrons. The summed E-state index contributed by atoms with van der Waals surface area (Å²) >= 11 is 0. The molecule has 30 heavy (non-hydrogen) atoms. The van der Waals surface area contributed by atoms with Gasteiger partial charge in [0.1, 0.15) is 5.82 Å². The maximum atomic E-state index is 13.0. The number of ether oxygens (including phenoxy) is 1. The number of amides is 1. The average molecular weight is 434 g/mol. The SMILES string of the molecule is C[C@@H](NC(=O)COC(=O)c1cccc(S(=O)(=O)N2CCCC2)c1)c1ccc(F)cc1. The van der Waals surface area contributed by atoms with E-state index in [0.717, 1.165) is 12.8 Å². The molecule has 1 amide bonds. The number of carbonyl (C=O) groups excluding carboxylic acids is 2. The zero-order valence-corrected chi connectivity index (χ0v) is 17.3. The molecule has 1 heterocycles. The first-order chi connectivity index (χ1) is 14.3. The Balaban J connectivity index is 1.58. The lowest BCUT2D eigenvalue weighted by Crippen LogP contribution is -2.31. The molecule has 0 radical (unpaired) electrons. The second kappa shape index (κ2) is 9.36. The van der Waals surface area contributed by atoms with Gasteiger partial charge in [-0.15, -0.1) is 0 Å². The predicted molar refractivity (Wildman–Crippen MR) is 108 cm³/mol. The minimum Gasteiger partial charge on any atom is -0.452 e. The fraction of sp³-hybridized carbons (Fsp3) is 0.333. The molecular weight excluding hydrogens is 411 g/mol. The van der Waals surface area contributed by atoms with Crippen LogP contribution in [0, 0.1) is 5.82 Å². The number of benzene rings is 2. The molecule has 0 spiro atoms. The highest BCUT2D eigenvalue weighted by Gasteiger charge is 2.27. The molecule has 0 aromatic heterocycles. The van der Waals surface area contributed by atoms with Crippen LogP contribution in [0.2, 0.25) is 0 Å². The number of carbonyl (C=O) groups is 2. The summed E-state index contributed by atoms with van der Waals surface area (Å²) in [4.78, 5) is 24.4. The van der Waals surface area contributed by atoms with E-state index in [4.69, 9.17) is 4.74 Å². The summed E-state index contributed by atoms with van der Waals surface area (Å²) in [5, 5.41) is 2.65. The van der Waals surface area contributed by atoms with E-state index in [1.165, 1.54) is 40.7 Å². The predicted octanol–water partition coefficient (Wildman–Crippen LogP) is 2.64. The molecule has 0 unspecified atom stereocenters. The summed E-state index contributed by atoms with van der Waals surface area (Å²) in [7, 11) is -3.66. The van der Waals surface area contributed by atoms with Gasteiger partial charge in [0.05, 0.1) is 16.5 Å². The number of sulfonamides is 1. The van der Waals surface area contributed by atoms with Gasteiger partial charge in [0.25, 0.3) is 5.91 Å². The lowest BCUT2D eigenvalue weighted by Gasteiger charge is -2.16. The molecule has 1 atom stereocenters. The van der Waals surface area contributed by atoms with E-state index in [1.807, 2.05) is 0 Å². The largest absolute Gasteiger partial charge is 0.452 e. The van der Waals surface area contributed by atoms with Crippen molar-refractivity contribution in [1.29, 1.82) is 0 Å². The number of nitrogens with one attached hydrogen (secondary N) is 1. The number of halogens is 1. The van der Waals surface area contributed by atoms with Crippen LogP contribution in [0.15, 0.2) is 53.4 Å². The molecule has 1 fully saturated rings. The second-order valence-corrected chi connectivity index (χ2v) is 8.99. The Morgan fingerprint density at radius 3 is 2.47 bits per heavy atom.